The minimum absolute atomic E-state index is 0.118. The molecule has 0 aliphatic heterocycles. The van der Waals surface area contributed by atoms with Crippen LogP contribution in [0.25, 0.3) is 10.8 Å². The second kappa shape index (κ2) is 4.54. The van der Waals surface area contributed by atoms with E-state index < -0.39 is 0 Å². The van der Waals surface area contributed by atoms with Gasteiger partial charge in [0.05, 0.1) is 0 Å². The topological polar surface area (TPSA) is 46.2 Å². The van der Waals surface area contributed by atoms with E-state index in [-0.39, 0.29) is 6.04 Å². The number of hydrogen-bond donors (Lipinski definition) is 2. The Balaban J connectivity index is 2.44. The Morgan fingerprint density at radius 3 is 2.69 bits per heavy atom. The van der Waals surface area contributed by atoms with Crippen LogP contribution in [0.5, 0.6) is 5.75 Å². The van der Waals surface area contributed by atoms with Crippen LogP contribution in [0.15, 0.2) is 36.4 Å². The molecule has 84 valence electrons. The molecule has 2 aromatic rings. The lowest BCUT2D eigenvalue weighted by Crippen LogP contribution is -2.21. The third-order valence-corrected chi connectivity index (χ3v) is 2.99. The molecular weight excluding hydrogens is 198 g/mol. The summed E-state index contributed by atoms with van der Waals surface area (Å²) in [5.41, 5.74) is 6.84. The van der Waals surface area contributed by atoms with E-state index in [9.17, 15) is 5.11 Å². The molecule has 0 saturated carbocycles. The molecule has 16 heavy (non-hydrogen) atoms. The maximum atomic E-state index is 10.1. The zero-order valence-corrected chi connectivity index (χ0v) is 9.48. The Kier molecular flexibility index (Phi) is 3.11. The van der Waals surface area contributed by atoms with Crippen molar-refractivity contribution in [1.29, 1.82) is 0 Å². The largest absolute Gasteiger partial charge is 0.507 e. The van der Waals surface area contributed by atoms with Crippen molar-refractivity contribution in [2.24, 2.45) is 5.73 Å². The highest BCUT2D eigenvalue weighted by Gasteiger charge is 2.08. The highest BCUT2D eigenvalue weighted by atomic mass is 16.3. The summed E-state index contributed by atoms with van der Waals surface area (Å²) in [7, 11) is 0. The van der Waals surface area contributed by atoms with Gasteiger partial charge in [-0.25, -0.2) is 0 Å². The van der Waals surface area contributed by atoms with E-state index in [2.05, 4.69) is 6.92 Å². The molecule has 0 bridgehead atoms. The average Bonchev–Trinajstić information content (AvgIpc) is 2.33. The Labute approximate surface area is 95.7 Å². The first-order valence-corrected chi connectivity index (χ1v) is 5.67. The van der Waals surface area contributed by atoms with Gasteiger partial charge in [0.1, 0.15) is 5.75 Å². The van der Waals surface area contributed by atoms with Gasteiger partial charge < -0.3 is 10.8 Å². The zero-order valence-electron chi connectivity index (χ0n) is 9.48. The summed E-state index contributed by atoms with van der Waals surface area (Å²) in [5, 5.41) is 12.1. The first-order chi connectivity index (χ1) is 7.72. The minimum atomic E-state index is 0.118. The van der Waals surface area contributed by atoms with Crippen LogP contribution >= 0.6 is 0 Å². The molecule has 0 amide bonds. The van der Waals surface area contributed by atoms with Crippen LogP contribution in [-0.4, -0.2) is 11.1 Å². The summed E-state index contributed by atoms with van der Waals surface area (Å²) in [6, 6.07) is 12.0. The van der Waals surface area contributed by atoms with Gasteiger partial charge in [0.2, 0.25) is 0 Å². The minimum Gasteiger partial charge on any atom is -0.507 e. The molecule has 0 saturated heterocycles. The number of hydrogen-bond acceptors (Lipinski definition) is 2. The summed E-state index contributed by atoms with van der Waals surface area (Å²) < 4.78 is 0. The van der Waals surface area contributed by atoms with Crippen molar-refractivity contribution >= 4 is 10.8 Å². The summed E-state index contributed by atoms with van der Waals surface area (Å²) >= 11 is 0. The maximum absolute atomic E-state index is 10.1. The standard InChI is InChI=1S/C14H17NO/c1-2-12(15)9-11-8-7-10-5-3-4-6-13(10)14(11)16/h3-8,12,16H,2,9,15H2,1H3. The lowest BCUT2D eigenvalue weighted by molar-refractivity contribution is 0.470. The van der Waals surface area contributed by atoms with E-state index >= 15 is 0 Å². The number of aromatic hydroxyl groups is 1. The van der Waals surface area contributed by atoms with E-state index in [0.29, 0.717) is 5.75 Å². The van der Waals surface area contributed by atoms with Gasteiger partial charge in [-0.15, -0.1) is 0 Å². The maximum Gasteiger partial charge on any atom is 0.126 e. The fraction of sp³-hybridized carbons (Fsp3) is 0.286. The first kappa shape index (κ1) is 11.0. The van der Waals surface area contributed by atoms with E-state index in [1.165, 1.54) is 0 Å². The van der Waals surface area contributed by atoms with Crippen LogP contribution in [0.2, 0.25) is 0 Å². The molecule has 0 heterocycles. The Bertz CT molecular complexity index is 493. The molecule has 0 spiro atoms. The van der Waals surface area contributed by atoms with Gasteiger partial charge in [0.15, 0.2) is 0 Å². The molecule has 2 nitrogen and oxygen atoms in total. The molecule has 2 aromatic carbocycles. The van der Waals surface area contributed by atoms with Gasteiger partial charge in [0, 0.05) is 11.4 Å². The van der Waals surface area contributed by atoms with Crippen LogP contribution in [0.3, 0.4) is 0 Å². The van der Waals surface area contributed by atoms with Crippen LogP contribution < -0.4 is 5.73 Å². The number of phenolic OH excluding ortho intramolecular Hbond substituents is 1. The molecule has 2 heteroatoms. The van der Waals surface area contributed by atoms with Crippen LogP contribution in [0.1, 0.15) is 18.9 Å². The second-order valence-electron chi connectivity index (χ2n) is 4.17. The van der Waals surface area contributed by atoms with E-state index in [1.807, 2.05) is 36.4 Å². The molecule has 0 fully saturated rings. The van der Waals surface area contributed by atoms with Crippen molar-refractivity contribution in [2.45, 2.75) is 25.8 Å². The number of phenols is 1. The fourth-order valence-corrected chi connectivity index (χ4v) is 1.89. The third kappa shape index (κ3) is 2.02. The number of nitrogens with two attached hydrogens (primary N) is 1. The van der Waals surface area contributed by atoms with Gasteiger partial charge in [-0.2, -0.15) is 0 Å². The van der Waals surface area contributed by atoms with Crippen molar-refractivity contribution in [3.05, 3.63) is 42.0 Å². The predicted molar refractivity (Wildman–Crippen MR) is 67.6 cm³/mol. The normalized spacial score (nSPS) is 12.9. The molecule has 1 unspecified atom stereocenters. The van der Waals surface area contributed by atoms with Crippen LogP contribution in [-0.2, 0) is 6.42 Å². The van der Waals surface area contributed by atoms with Gasteiger partial charge in [-0.1, -0.05) is 43.3 Å². The first-order valence-electron chi connectivity index (χ1n) is 5.67. The summed E-state index contributed by atoms with van der Waals surface area (Å²) in [4.78, 5) is 0. The highest BCUT2D eigenvalue weighted by molar-refractivity contribution is 5.89. The van der Waals surface area contributed by atoms with Gasteiger partial charge in [-0.05, 0) is 23.8 Å². The Hall–Kier alpha value is -1.54. The summed E-state index contributed by atoms with van der Waals surface area (Å²) in [6.45, 7) is 2.06. The van der Waals surface area contributed by atoms with Crippen molar-refractivity contribution in [3.63, 3.8) is 0 Å². The second-order valence-corrected chi connectivity index (χ2v) is 4.17. The molecule has 0 aromatic heterocycles. The molecule has 0 aliphatic carbocycles. The molecule has 2 rings (SSSR count). The number of fused-ring (bicyclic) bond motifs is 1. The number of benzene rings is 2. The van der Waals surface area contributed by atoms with Gasteiger partial charge in [0.25, 0.3) is 0 Å². The summed E-state index contributed by atoms with van der Waals surface area (Å²) in [5.74, 6) is 0.377. The number of rotatable bonds is 3. The lowest BCUT2D eigenvalue weighted by Gasteiger charge is -2.11. The van der Waals surface area contributed by atoms with E-state index in [4.69, 9.17) is 5.73 Å². The van der Waals surface area contributed by atoms with Crippen LogP contribution in [0.4, 0.5) is 0 Å². The monoisotopic (exact) mass is 215 g/mol. The average molecular weight is 215 g/mol. The van der Waals surface area contributed by atoms with Crippen molar-refractivity contribution in [3.8, 4) is 5.75 Å². The fourth-order valence-electron chi connectivity index (χ4n) is 1.89. The zero-order chi connectivity index (χ0) is 11.5. The van der Waals surface area contributed by atoms with Crippen molar-refractivity contribution in [1.82, 2.24) is 0 Å². The molecule has 3 N–H and O–H groups in total. The molecule has 1 atom stereocenters. The van der Waals surface area contributed by atoms with E-state index in [0.717, 1.165) is 29.2 Å². The van der Waals surface area contributed by atoms with Crippen molar-refractivity contribution < 1.29 is 5.11 Å². The molecular formula is C14H17NO. The smallest absolute Gasteiger partial charge is 0.126 e. The van der Waals surface area contributed by atoms with Crippen LogP contribution in [0, 0.1) is 0 Å². The molecule has 0 aliphatic rings. The van der Waals surface area contributed by atoms with Gasteiger partial charge in [-0.3, -0.25) is 0 Å². The SMILES string of the molecule is CCC(N)Cc1ccc2ccccc2c1O. The van der Waals surface area contributed by atoms with Crippen molar-refractivity contribution in [2.75, 3.05) is 0 Å². The summed E-state index contributed by atoms with van der Waals surface area (Å²) in [6.07, 6.45) is 1.65. The predicted octanol–water partition coefficient (Wildman–Crippen LogP) is 2.83. The van der Waals surface area contributed by atoms with Gasteiger partial charge >= 0.3 is 0 Å². The third-order valence-electron chi connectivity index (χ3n) is 2.99. The highest BCUT2D eigenvalue weighted by Crippen LogP contribution is 2.29. The Morgan fingerprint density at radius 2 is 1.94 bits per heavy atom. The molecule has 0 radical (unpaired) electrons. The van der Waals surface area contributed by atoms with E-state index in [1.54, 1.807) is 0 Å². The Morgan fingerprint density at radius 1 is 1.19 bits per heavy atom. The quantitative estimate of drug-likeness (QED) is 0.827. The lowest BCUT2D eigenvalue weighted by atomic mass is 9.99.